The van der Waals surface area contributed by atoms with E-state index in [-0.39, 0.29) is 11.7 Å². The maximum atomic E-state index is 11.7. The molecule has 0 spiro atoms. The lowest BCUT2D eigenvalue weighted by Gasteiger charge is -2.02. The number of nitrogens with one attached hydrogen (secondary N) is 1. The van der Waals surface area contributed by atoms with Crippen LogP contribution in [0.2, 0.25) is 0 Å². The van der Waals surface area contributed by atoms with Crippen molar-refractivity contribution >= 4 is 43.5 Å². The van der Waals surface area contributed by atoms with Gasteiger partial charge < -0.3 is 9.73 Å². The van der Waals surface area contributed by atoms with Gasteiger partial charge in [0, 0.05) is 10.2 Å². The maximum absolute atomic E-state index is 11.7. The molecule has 0 radical (unpaired) electrons. The monoisotopic (exact) mass is 343 g/mol. The minimum atomic E-state index is -0.270. The van der Waals surface area contributed by atoms with E-state index >= 15 is 0 Å². The molecule has 2 rings (SSSR count). The highest BCUT2D eigenvalue weighted by Crippen LogP contribution is 2.17. The average Bonchev–Trinajstić information content (AvgIpc) is 2.68. The molecule has 1 N–H and O–H groups in total. The molecule has 2 aromatic rings. The molecular weight excluding hydrogens is 338 g/mol. The van der Waals surface area contributed by atoms with Gasteiger partial charge >= 0.3 is 0 Å². The molecule has 0 bridgehead atoms. The highest BCUT2D eigenvalue weighted by molar-refractivity contribution is 9.10. The van der Waals surface area contributed by atoms with Crippen LogP contribution in [-0.4, -0.2) is 5.91 Å². The van der Waals surface area contributed by atoms with E-state index in [1.807, 2.05) is 12.1 Å². The molecule has 0 aliphatic carbocycles. The summed E-state index contributed by atoms with van der Waals surface area (Å²) in [6.07, 6.45) is 0. The van der Waals surface area contributed by atoms with Crippen molar-refractivity contribution in [2.45, 2.75) is 0 Å². The molecule has 0 atom stereocenters. The lowest BCUT2D eigenvalue weighted by molar-refractivity contribution is 0.0995. The summed E-state index contributed by atoms with van der Waals surface area (Å²) in [7, 11) is 0. The number of carbonyl (C=O) groups is 1. The Morgan fingerprint density at radius 2 is 1.75 bits per heavy atom. The molecule has 1 aromatic heterocycles. The van der Waals surface area contributed by atoms with E-state index in [2.05, 4.69) is 37.2 Å². The van der Waals surface area contributed by atoms with Crippen molar-refractivity contribution in [2.75, 3.05) is 5.32 Å². The molecule has 0 fully saturated rings. The predicted octanol–water partition coefficient (Wildman–Crippen LogP) is 4.06. The molecule has 0 unspecified atom stereocenters. The van der Waals surface area contributed by atoms with Crippen LogP contribution in [0.1, 0.15) is 10.6 Å². The van der Waals surface area contributed by atoms with Gasteiger partial charge in [-0.3, -0.25) is 4.79 Å². The van der Waals surface area contributed by atoms with E-state index in [1.54, 1.807) is 24.3 Å². The van der Waals surface area contributed by atoms with Gasteiger partial charge in [0.05, 0.1) is 0 Å². The van der Waals surface area contributed by atoms with Crippen LogP contribution in [0.3, 0.4) is 0 Å². The smallest absolute Gasteiger partial charge is 0.291 e. The Bertz CT molecular complexity index is 505. The van der Waals surface area contributed by atoms with E-state index in [0.29, 0.717) is 4.67 Å². The lowest BCUT2D eigenvalue weighted by atomic mass is 10.3. The van der Waals surface area contributed by atoms with Crippen molar-refractivity contribution in [2.24, 2.45) is 0 Å². The summed E-state index contributed by atoms with van der Waals surface area (Å²) < 4.78 is 6.64. The highest BCUT2D eigenvalue weighted by atomic mass is 79.9. The molecule has 3 nitrogen and oxygen atoms in total. The summed E-state index contributed by atoms with van der Waals surface area (Å²) in [5.41, 5.74) is 0.723. The fraction of sp³-hybridized carbons (Fsp3) is 0. The molecule has 82 valence electrons. The van der Waals surface area contributed by atoms with Gasteiger partial charge in [-0.2, -0.15) is 0 Å². The highest BCUT2D eigenvalue weighted by Gasteiger charge is 2.10. The number of benzene rings is 1. The van der Waals surface area contributed by atoms with Gasteiger partial charge in [0.25, 0.3) is 5.91 Å². The van der Waals surface area contributed by atoms with Crippen LogP contribution in [0.25, 0.3) is 0 Å². The second kappa shape index (κ2) is 4.84. The first kappa shape index (κ1) is 11.4. The third-order valence-electron chi connectivity index (χ3n) is 1.90. The fourth-order valence-electron chi connectivity index (χ4n) is 1.16. The number of anilines is 1. The number of amides is 1. The van der Waals surface area contributed by atoms with Crippen molar-refractivity contribution in [1.29, 1.82) is 0 Å². The normalized spacial score (nSPS) is 10.1. The van der Waals surface area contributed by atoms with Crippen molar-refractivity contribution in [3.8, 4) is 0 Å². The summed E-state index contributed by atoms with van der Waals surface area (Å²) in [4.78, 5) is 11.7. The van der Waals surface area contributed by atoms with Crippen LogP contribution in [-0.2, 0) is 0 Å². The van der Waals surface area contributed by atoms with Crippen LogP contribution in [0.15, 0.2) is 50.0 Å². The summed E-state index contributed by atoms with van der Waals surface area (Å²) in [5.74, 6) is 0.00261. The van der Waals surface area contributed by atoms with E-state index in [0.717, 1.165) is 10.2 Å². The van der Waals surface area contributed by atoms with Crippen LogP contribution in [0, 0.1) is 0 Å². The molecule has 1 aromatic carbocycles. The lowest BCUT2D eigenvalue weighted by Crippen LogP contribution is -2.10. The van der Waals surface area contributed by atoms with Gasteiger partial charge in [-0.05, 0) is 52.3 Å². The van der Waals surface area contributed by atoms with E-state index in [1.165, 1.54) is 0 Å². The average molecular weight is 345 g/mol. The van der Waals surface area contributed by atoms with E-state index in [4.69, 9.17) is 4.42 Å². The molecule has 0 saturated carbocycles. The van der Waals surface area contributed by atoms with Crippen molar-refractivity contribution in [3.63, 3.8) is 0 Å². The fourth-order valence-corrected chi connectivity index (χ4v) is 1.73. The number of halogens is 2. The van der Waals surface area contributed by atoms with Crippen molar-refractivity contribution < 1.29 is 9.21 Å². The molecule has 0 saturated heterocycles. The molecule has 5 heteroatoms. The number of carbonyl (C=O) groups excluding carboxylic acids is 1. The van der Waals surface area contributed by atoms with Crippen LogP contribution in [0.5, 0.6) is 0 Å². The van der Waals surface area contributed by atoms with Gasteiger partial charge in [0.2, 0.25) is 0 Å². The molecular formula is C11H7Br2NO2. The first-order chi connectivity index (χ1) is 7.65. The van der Waals surface area contributed by atoms with Gasteiger partial charge in [0.15, 0.2) is 10.4 Å². The predicted molar refractivity (Wildman–Crippen MR) is 68.5 cm³/mol. The maximum Gasteiger partial charge on any atom is 0.291 e. The molecule has 0 aliphatic rings. The Labute approximate surface area is 109 Å². The molecule has 1 amide bonds. The summed E-state index contributed by atoms with van der Waals surface area (Å²) in [6, 6.07) is 10.6. The Kier molecular flexibility index (Phi) is 3.46. The van der Waals surface area contributed by atoms with Gasteiger partial charge in [-0.25, -0.2) is 0 Å². The summed E-state index contributed by atoms with van der Waals surface area (Å²) >= 11 is 6.47. The first-order valence-corrected chi connectivity index (χ1v) is 6.06. The standard InChI is InChI=1S/C11H7Br2NO2/c12-7-1-3-8(4-2-7)14-11(15)9-5-6-10(13)16-9/h1-6H,(H,14,15). The van der Waals surface area contributed by atoms with Gasteiger partial charge in [0.1, 0.15) is 0 Å². The Morgan fingerprint density at radius 1 is 1.06 bits per heavy atom. The first-order valence-electron chi connectivity index (χ1n) is 4.47. The Morgan fingerprint density at radius 3 is 2.31 bits per heavy atom. The van der Waals surface area contributed by atoms with E-state index in [9.17, 15) is 4.79 Å². The topological polar surface area (TPSA) is 42.2 Å². The molecule has 16 heavy (non-hydrogen) atoms. The Hall–Kier alpha value is -1.07. The molecule has 0 aliphatic heterocycles. The Balaban J connectivity index is 2.10. The van der Waals surface area contributed by atoms with Crippen LogP contribution >= 0.6 is 31.9 Å². The summed E-state index contributed by atoms with van der Waals surface area (Å²) in [5, 5.41) is 2.72. The zero-order valence-electron chi connectivity index (χ0n) is 8.04. The van der Waals surface area contributed by atoms with Crippen molar-refractivity contribution in [3.05, 3.63) is 51.3 Å². The minimum Gasteiger partial charge on any atom is -0.444 e. The summed E-state index contributed by atoms with van der Waals surface area (Å²) in [6.45, 7) is 0. The zero-order valence-corrected chi connectivity index (χ0v) is 11.2. The van der Waals surface area contributed by atoms with Gasteiger partial charge in [-0.1, -0.05) is 15.9 Å². The zero-order chi connectivity index (χ0) is 11.5. The third kappa shape index (κ3) is 2.74. The third-order valence-corrected chi connectivity index (χ3v) is 2.85. The largest absolute Gasteiger partial charge is 0.444 e. The van der Waals surface area contributed by atoms with Gasteiger partial charge in [-0.15, -0.1) is 0 Å². The van der Waals surface area contributed by atoms with Crippen LogP contribution in [0.4, 0.5) is 5.69 Å². The number of hydrogen-bond acceptors (Lipinski definition) is 2. The number of hydrogen-bond donors (Lipinski definition) is 1. The van der Waals surface area contributed by atoms with Crippen LogP contribution < -0.4 is 5.32 Å². The number of furan rings is 1. The minimum absolute atomic E-state index is 0.270. The molecule has 1 heterocycles. The van der Waals surface area contributed by atoms with Crippen molar-refractivity contribution in [1.82, 2.24) is 0 Å². The second-order valence-corrected chi connectivity index (χ2v) is 4.76. The number of rotatable bonds is 2. The van der Waals surface area contributed by atoms with E-state index < -0.39 is 0 Å². The second-order valence-electron chi connectivity index (χ2n) is 3.06. The SMILES string of the molecule is O=C(Nc1ccc(Br)cc1)c1ccc(Br)o1. The quantitative estimate of drug-likeness (QED) is 0.892.